The molecular weight excluding hydrogens is 402 g/mol. The second kappa shape index (κ2) is 8.97. The highest BCUT2D eigenvalue weighted by Gasteiger charge is 2.33. The van der Waals surface area contributed by atoms with Gasteiger partial charge in [0.1, 0.15) is 18.5 Å². The predicted molar refractivity (Wildman–Crippen MR) is 124 cm³/mol. The highest BCUT2D eigenvalue weighted by atomic mass is 16.6. The van der Waals surface area contributed by atoms with Crippen LogP contribution in [0.2, 0.25) is 0 Å². The van der Waals surface area contributed by atoms with Crippen molar-refractivity contribution in [1.29, 1.82) is 0 Å². The molecule has 4 rings (SSSR count). The molecule has 1 aliphatic rings. The Labute approximate surface area is 188 Å². The van der Waals surface area contributed by atoms with E-state index in [1.54, 1.807) is 48.5 Å². The van der Waals surface area contributed by atoms with Gasteiger partial charge >= 0.3 is 0 Å². The molecule has 1 fully saturated rings. The van der Waals surface area contributed by atoms with Gasteiger partial charge in [0.2, 0.25) is 0 Å². The first-order valence-corrected chi connectivity index (χ1v) is 10.7. The van der Waals surface area contributed by atoms with Crippen LogP contribution in [-0.2, 0) is 10.2 Å². The van der Waals surface area contributed by atoms with Crippen LogP contribution in [0.25, 0.3) is 0 Å². The largest absolute Gasteiger partial charge is 0.490 e. The normalized spacial score (nSPS) is 15.2. The van der Waals surface area contributed by atoms with E-state index in [1.165, 1.54) is 4.90 Å². The van der Waals surface area contributed by atoms with Gasteiger partial charge in [-0.2, -0.15) is 0 Å². The minimum atomic E-state index is -0.386. The Hall–Kier alpha value is -3.44. The molecule has 2 amide bonds. The first kappa shape index (κ1) is 21.8. The number of para-hydroxylation sites is 1. The molecular formula is C27H27NO4. The maximum absolute atomic E-state index is 14.0. The minimum Gasteiger partial charge on any atom is -0.490 e. The lowest BCUT2D eigenvalue weighted by atomic mass is 9.82. The maximum Gasteiger partial charge on any atom is 0.265 e. The second-order valence-corrected chi connectivity index (χ2v) is 8.84. The van der Waals surface area contributed by atoms with Gasteiger partial charge in [-0.15, -0.1) is 0 Å². The first-order chi connectivity index (χ1) is 15.4. The number of rotatable bonds is 6. The summed E-state index contributed by atoms with van der Waals surface area (Å²) >= 11 is 0. The first-order valence-electron chi connectivity index (χ1n) is 10.7. The molecule has 164 valence electrons. The molecule has 1 atom stereocenters. The van der Waals surface area contributed by atoms with Crippen LogP contribution in [0.1, 0.15) is 47.1 Å². The summed E-state index contributed by atoms with van der Waals surface area (Å²) in [6.45, 7) is 7.23. The molecule has 0 N–H and O–H groups in total. The quantitative estimate of drug-likeness (QED) is 0.397. The van der Waals surface area contributed by atoms with Crippen molar-refractivity contribution >= 4 is 17.5 Å². The van der Waals surface area contributed by atoms with E-state index >= 15 is 0 Å². The average Bonchev–Trinajstić information content (AvgIpc) is 3.62. The Morgan fingerprint density at radius 1 is 0.906 bits per heavy atom. The van der Waals surface area contributed by atoms with Crippen molar-refractivity contribution < 1.29 is 19.1 Å². The highest BCUT2D eigenvalue weighted by molar-refractivity contribution is 6.26. The summed E-state index contributed by atoms with van der Waals surface area (Å²) in [6.07, 6.45) is 0.0997. The van der Waals surface area contributed by atoms with E-state index in [0.717, 1.165) is 5.56 Å². The lowest BCUT2D eigenvalue weighted by molar-refractivity contribution is 0.0896. The third-order valence-corrected chi connectivity index (χ3v) is 5.28. The Kier molecular flexibility index (Phi) is 6.10. The van der Waals surface area contributed by atoms with Gasteiger partial charge in [0, 0.05) is 16.7 Å². The Balaban J connectivity index is 1.80. The number of imide groups is 1. The average molecular weight is 430 g/mol. The zero-order valence-corrected chi connectivity index (χ0v) is 18.6. The zero-order valence-electron chi connectivity index (χ0n) is 18.6. The van der Waals surface area contributed by atoms with Crippen LogP contribution in [0.5, 0.6) is 5.75 Å². The fraction of sp³-hybridized carbons (Fsp3) is 0.259. The SMILES string of the molecule is CC(C)(C)c1c(OCC2CO2)cccc1C(=O)N(C(=O)c1ccccc1)c1ccccc1. The number of hydrogen-bond donors (Lipinski definition) is 0. The van der Waals surface area contributed by atoms with Gasteiger partial charge in [-0.25, -0.2) is 4.90 Å². The molecule has 0 aromatic heterocycles. The number of nitrogens with zero attached hydrogens (tertiary/aromatic N) is 1. The monoisotopic (exact) mass is 429 g/mol. The topological polar surface area (TPSA) is 59.1 Å². The summed E-state index contributed by atoms with van der Waals surface area (Å²) in [5.74, 6) is -0.124. The zero-order chi connectivity index (χ0) is 22.7. The van der Waals surface area contributed by atoms with Gasteiger partial charge in [0.05, 0.1) is 12.3 Å². The predicted octanol–water partition coefficient (Wildman–Crippen LogP) is 5.25. The number of benzene rings is 3. The fourth-order valence-corrected chi connectivity index (χ4v) is 3.68. The molecule has 0 saturated carbocycles. The van der Waals surface area contributed by atoms with Gasteiger partial charge in [0.15, 0.2) is 0 Å². The molecule has 5 heteroatoms. The summed E-state index contributed by atoms with van der Waals surface area (Å²) in [6, 6.07) is 23.3. The van der Waals surface area contributed by atoms with E-state index in [2.05, 4.69) is 0 Å². The molecule has 3 aromatic rings. The van der Waals surface area contributed by atoms with E-state index in [9.17, 15) is 9.59 Å². The Morgan fingerprint density at radius 3 is 2.12 bits per heavy atom. The molecule has 1 aliphatic heterocycles. The molecule has 0 bridgehead atoms. The molecule has 1 saturated heterocycles. The van der Waals surface area contributed by atoms with Gasteiger partial charge in [0.25, 0.3) is 11.8 Å². The third-order valence-electron chi connectivity index (χ3n) is 5.28. The van der Waals surface area contributed by atoms with E-state index in [4.69, 9.17) is 9.47 Å². The van der Waals surface area contributed by atoms with E-state index in [0.29, 0.717) is 35.8 Å². The van der Waals surface area contributed by atoms with Crippen molar-refractivity contribution in [3.05, 3.63) is 95.6 Å². The number of epoxide rings is 1. The molecule has 1 heterocycles. The second-order valence-electron chi connectivity index (χ2n) is 8.84. The Morgan fingerprint density at radius 2 is 1.53 bits per heavy atom. The molecule has 32 heavy (non-hydrogen) atoms. The number of carbonyl (C=O) groups excluding carboxylic acids is 2. The summed E-state index contributed by atoms with van der Waals surface area (Å²) in [4.78, 5) is 28.7. The van der Waals surface area contributed by atoms with Crippen molar-refractivity contribution in [1.82, 2.24) is 0 Å². The van der Waals surface area contributed by atoms with Gasteiger partial charge in [-0.05, 0) is 41.8 Å². The van der Waals surface area contributed by atoms with Crippen LogP contribution in [0.15, 0.2) is 78.9 Å². The van der Waals surface area contributed by atoms with Crippen molar-refractivity contribution in [3.63, 3.8) is 0 Å². The number of carbonyl (C=O) groups is 2. The Bertz CT molecular complexity index is 1100. The van der Waals surface area contributed by atoms with Crippen molar-refractivity contribution in [2.75, 3.05) is 18.1 Å². The van der Waals surface area contributed by atoms with Crippen LogP contribution < -0.4 is 9.64 Å². The van der Waals surface area contributed by atoms with Crippen LogP contribution >= 0.6 is 0 Å². The molecule has 1 unspecified atom stereocenters. The van der Waals surface area contributed by atoms with Gasteiger partial charge in [-0.1, -0.05) is 63.2 Å². The van der Waals surface area contributed by atoms with E-state index in [-0.39, 0.29) is 23.3 Å². The highest BCUT2D eigenvalue weighted by Crippen LogP contribution is 2.36. The lowest BCUT2D eigenvalue weighted by Crippen LogP contribution is -2.38. The summed E-state index contributed by atoms with van der Waals surface area (Å²) in [7, 11) is 0. The van der Waals surface area contributed by atoms with E-state index < -0.39 is 0 Å². The summed E-state index contributed by atoms with van der Waals surface area (Å²) in [5.41, 5.74) is 1.79. The van der Waals surface area contributed by atoms with E-state index in [1.807, 2.05) is 51.1 Å². The summed E-state index contributed by atoms with van der Waals surface area (Å²) in [5, 5.41) is 0. The molecule has 5 nitrogen and oxygen atoms in total. The van der Waals surface area contributed by atoms with Gasteiger partial charge in [-0.3, -0.25) is 9.59 Å². The minimum absolute atomic E-state index is 0.0997. The standard InChI is InChI=1S/C27H27NO4/c1-27(2,3)24-22(15-10-16-23(24)32-18-21-17-31-21)26(30)28(20-13-8-5-9-14-20)25(29)19-11-6-4-7-12-19/h4-16,21H,17-18H2,1-3H3. The molecule has 0 aliphatic carbocycles. The van der Waals surface area contributed by atoms with Crippen LogP contribution in [0.4, 0.5) is 5.69 Å². The smallest absolute Gasteiger partial charge is 0.265 e. The third kappa shape index (κ3) is 4.73. The maximum atomic E-state index is 14.0. The van der Waals surface area contributed by atoms with Crippen molar-refractivity contribution in [3.8, 4) is 5.75 Å². The number of ether oxygens (including phenoxy) is 2. The van der Waals surface area contributed by atoms with Crippen molar-refractivity contribution in [2.24, 2.45) is 0 Å². The molecule has 3 aromatic carbocycles. The number of amides is 2. The van der Waals surface area contributed by atoms with Crippen molar-refractivity contribution in [2.45, 2.75) is 32.3 Å². The molecule has 0 radical (unpaired) electrons. The number of anilines is 1. The fourth-order valence-electron chi connectivity index (χ4n) is 3.68. The van der Waals surface area contributed by atoms with Crippen LogP contribution in [0.3, 0.4) is 0 Å². The van der Waals surface area contributed by atoms with Crippen LogP contribution in [-0.4, -0.2) is 31.1 Å². The number of hydrogen-bond acceptors (Lipinski definition) is 4. The lowest BCUT2D eigenvalue weighted by Gasteiger charge is -2.28. The van der Waals surface area contributed by atoms with Crippen LogP contribution in [0, 0.1) is 0 Å². The molecule has 0 spiro atoms. The van der Waals surface area contributed by atoms with Gasteiger partial charge < -0.3 is 9.47 Å². The summed E-state index contributed by atoms with van der Waals surface area (Å²) < 4.78 is 11.3.